The van der Waals surface area contributed by atoms with Crippen LogP contribution in [0.3, 0.4) is 0 Å². The van der Waals surface area contributed by atoms with Crippen LogP contribution in [0.4, 0.5) is 0 Å². The Kier molecular flexibility index (Phi) is 49.0. The Morgan fingerprint density at radius 2 is 0.890 bits per heavy atom. The number of hydrogen-bond donors (Lipinski definition) is 24. The summed E-state index contributed by atoms with van der Waals surface area (Å²) in [7, 11) is 1.30. The number of aliphatic hydroxyl groups is 1. The number of carboxylic acid groups (broad SMARTS) is 1. The molecule has 0 aliphatic heterocycles. The van der Waals surface area contributed by atoms with E-state index in [1.807, 2.05) is 0 Å². The molecule has 16 amide bonds. The summed E-state index contributed by atoms with van der Waals surface area (Å²) in [5.74, 6) is -18.3. The normalized spacial score (nSPS) is 15.2. The van der Waals surface area contributed by atoms with Crippen molar-refractivity contribution in [1.82, 2.24) is 89.3 Å². The maximum atomic E-state index is 15.0. The second-order valence-electron chi connectivity index (χ2n) is 32.0. The molecule has 0 aliphatic rings. The van der Waals surface area contributed by atoms with Crippen LogP contribution < -0.4 is 109 Å². The number of unbranched alkanes of at least 4 members (excludes halogenated alkanes) is 2. The van der Waals surface area contributed by atoms with Gasteiger partial charge in [0.25, 0.3) is 0 Å². The predicted octanol–water partition coefficient (Wildman–Crippen LogP) is -4.83. The van der Waals surface area contributed by atoms with Crippen LogP contribution in [-0.4, -0.2) is 267 Å². The third-order valence-corrected chi connectivity index (χ3v) is 21.4. The van der Waals surface area contributed by atoms with Crippen LogP contribution in [0, 0.1) is 23.2 Å². The molecule has 0 bridgehead atoms. The number of amides is 16. The van der Waals surface area contributed by atoms with Gasteiger partial charge in [-0.3, -0.25) is 82.1 Å². The minimum atomic E-state index is -1.88. The Balaban J connectivity index is 1.99. The number of nitrogens with zero attached hydrogens (tertiary/aromatic N) is 2. The fourth-order valence-electron chi connectivity index (χ4n) is 13.2. The van der Waals surface area contributed by atoms with Gasteiger partial charge in [0, 0.05) is 51.2 Å². The molecule has 0 fully saturated rings. The number of aliphatic carboxylic acids is 1. The van der Waals surface area contributed by atoms with Crippen molar-refractivity contribution in [3.05, 3.63) is 90.0 Å². The largest absolute Gasteiger partial charge is 0.480 e. The molecule has 0 spiro atoms. The van der Waals surface area contributed by atoms with E-state index in [9.17, 15) is 82.1 Å². The second-order valence-corrected chi connectivity index (χ2v) is 33.0. The van der Waals surface area contributed by atoms with Crippen LogP contribution in [0.5, 0.6) is 0 Å². The highest BCUT2D eigenvalue weighted by Crippen LogP contribution is 2.18. The number of thioether (sulfide) groups is 1. The van der Waals surface area contributed by atoms with Gasteiger partial charge in [0.1, 0.15) is 90.6 Å². The Morgan fingerprint density at radius 3 is 1.35 bits per heavy atom. The number of guanidine groups is 1. The molecule has 1 heterocycles. The number of imidazole rings is 1. The van der Waals surface area contributed by atoms with Gasteiger partial charge in [0.05, 0.1) is 18.9 Å². The average molecular weight is 1800 g/mol. The van der Waals surface area contributed by atoms with E-state index in [2.05, 4.69) is 84.4 Å². The number of likely N-dealkylation sites (N-methyl/N-ethyl adjacent to an activating group) is 1. The Morgan fingerprint density at radius 1 is 0.472 bits per heavy atom. The summed E-state index contributed by atoms with van der Waals surface area (Å²) in [6, 6.07) is -5.30. The summed E-state index contributed by atoms with van der Waals surface area (Å²) >= 11 is 1.30. The van der Waals surface area contributed by atoms with Crippen molar-refractivity contribution >= 4 is 118 Å². The molecule has 2 aromatic carbocycles. The number of aliphatic hydroxyl groups excluding tert-OH is 1. The molecule has 30 N–H and O–H groups in total. The lowest BCUT2D eigenvalue weighted by atomic mass is 9.96. The summed E-state index contributed by atoms with van der Waals surface area (Å²) in [4.78, 5) is 246. The highest BCUT2D eigenvalue weighted by molar-refractivity contribution is 7.98. The third-order valence-electron chi connectivity index (χ3n) is 20.8. The van der Waals surface area contributed by atoms with Gasteiger partial charge in [-0.2, -0.15) is 11.8 Å². The van der Waals surface area contributed by atoms with Crippen molar-refractivity contribution in [2.75, 3.05) is 38.7 Å². The van der Waals surface area contributed by atoms with Gasteiger partial charge in [-0.25, -0.2) is 9.78 Å². The number of carbonyl (C=O) groups excluding carboxylic acids is 16. The number of aromatic amines is 1. The van der Waals surface area contributed by atoms with Crippen molar-refractivity contribution in [3.63, 3.8) is 0 Å². The molecule has 3 rings (SSSR count). The number of benzene rings is 2. The average Bonchev–Trinajstić information content (AvgIpc) is 1.36. The first kappa shape index (κ1) is 109. The number of carboxylic acids is 1. The van der Waals surface area contributed by atoms with Crippen molar-refractivity contribution in [2.24, 2.45) is 52.2 Å². The molecular weight excluding hydrogens is 1670 g/mol. The molecule has 0 saturated carbocycles. The molecule has 0 saturated heterocycles. The second kappa shape index (κ2) is 56.9. The van der Waals surface area contributed by atoms with Crippen molar-refractivity contribution < 1.29 is 91.7 Å². The molecule has 0 radical (unpaired) electrons. The lowest BCUT2D eigenvalue weighted by Gasteiger charge is -2.33. The van der Waals surface area contributed by atoms with E-state index >= 15 is 9.59 Å². The van der Waals surface area contributed by atoms with Gasteiger partial charge in [-0.15, -0.1) is 0 Å². The number of aromatic nitrogens is 2. The summed E-state index contributed by atoms with van der Waals surface area (Å²) in [5.41, 5.74) is 35.2. The van der Waals surface area contributed by atoms with Crippen molar-refractivity contribution in [2.45, 2.75) is 262 Å². The molecule has 127 heavy (non-hydrogen) atoms. The standard InChI is InChI=1S/C83H134N24O19S/c1-12-46(6)66(106-76(119)59(39-51-26-17-14-18-27-51)103-78(121)65(44(2)3)105-68(111)47(7)94-69(112)56(33-37-127-11)98-72(115)55(31-32-62(86)109)99-80(123)67(45(4)5)107(10)81(124)48(8)95-77(120)64(88)49(9)108)79(122)104-60(40-52-42-91-43-93-52)74(117)102-61(41-63(87)110)75(118)101-58(38-50-24-15-13-16-25-50)73(116)97-53(28-19-21-34-84)70(113)96-54(30-23-36-92-83(89)90)71(114)100-57(82(125)126)29-20-22-35-85/h13-18,24-27,42-49,53-61,64-67,108H,12,19-23,28-41,84-85,88H2,1-11H3,(H2,86,109)(H2,87,110)(H,91,93)(H,94,112)(H,95,120)(H,96,113)(H,97,116)(H,98,115)(H,99,123)(H,100,114)(H,101,118)(H,102,117)(H,103,121)(H,104,122)(H,105,111)(H,106,119)(H,125,126)(H4,89,90,92)/t46-,47-,48-,49+,53-,54-,55-,56-,57-,58-,59-,60-,61-,64-,65-,66-,67-/m0/s1. The van der Waals surface area contributed by atoms with E-state index in [0.29, 0.717) is 30.4 Å². The van der Waals surface area contributed by atoms with Gasteiger partial charge in [-0.1, -0.05) is 109 Å². The van der Waals surface area contributed by atoms with Gasteiger partial charge in [0.15, 0.2) is 5.96 Å². The zero-order valence-electron chi connectivity index (χ0n) is 74.1. The highest BCUT2D eigenvalue weighted by Gasteiger charge is 2.41. The number of nitrogens with two attached hydrogens (primary N) is 6. The molecular formula is C83H134N24O19S. The smallest absolute Gasteiger partial charge is 0.326 e. The topological polar surface area (TPSA) is 711 Å². The molecule has 1 aromatic heterocycles. The van der Waals surface area contributed by atoms with Crippen LogP contribution in [0.2, 0.25) is 0 Å². The number of carbonyl (C=O) groups is 17. The summed E-state index contributed by atoms with van der Waals surface area (Å²) < 4.78 is 0. The molecule has 44 heteroatoms. The molecule has 43 nitrogen and oxygen atoms in total. The Bertz CT molecular complexity index is 4110. The number of rotatable bonds is 60. The van der Waals surface area contributed by atoms with E-state index in [1.54, 1.807) is 108 Å². The van der Waals surface area contributed by atoms with Gasteiger partial charge in [0.2, 0.25) is 94.5 Å². The first-order chi connectivity index (χ1) is 60.0. The first-order valence-corrected chi connectivity index (χ1v) is 43.8. The van der Waals surface area contributed by atoms with E-state index in [-0.39, 0.29) is 108 Å². The van der Waals surface area contributed by atoms with Crippen LogP contribution in [0.1, 0.15) is 163 Å². The zero-order valence-corrected chi connectivity index (χ0v) is 75.0. The minimum Gasteiger partial charge on any atom is -0.480 e. The maximum absolute atomic E-state index is 15.0. The first-order valence-electron chi connectivity index (χ1n) is 42.5. The number of nitrogens with one attached hydrogen (secondary N) is 16. The monoisotopic (exact) mass is 1800 g/mol. The Hall–Kier alpha value is -11.9. The quantitative estimate of drug-likeness (QED) is 0.0143. The van der Waals surface area contributed by atoms with Crippen LogP contribution in [0.25, 0.3) is 0 Å². The van der Waals surface area contributed by atoms with Gasteiger partial charge < -0.3 is 129 Å². The molecule has 706 valence electrons. The lowest BCUT2D eigenvalue weighted by Crippen LogP contribution is -2.62. The fourth-order valence-corrected chi connectivity index (χ4v) is 13.7. The SMILES string of the molecule is CC[C@H](C)[C@H](NC(=O)[C@H](Cc1ccccc1)NC(=O)[C@@H](NC(=O)[C@H](C)NC(=O)[C@H](CCSC)NC(=O)[C@H](CCC(N)=O)NC(=O)[C@H](C(C)C)N(C)C(=O)[C@H](C)NC(=O)[C@@H](N)[C@@H](C)O)C(C)C)C(=O)N[C@@H](Cc1cnc[nH]1)C(=O)N[C@@H](CC(N)=O)C(=O)N[C@@H](Cc1ccccc1)C(=O)N[C@@H](CCCCN)C(=O)N[C@@H](CCCNC(=N)N)C(=O)N[C@@H](CCCCN)C(=O)O. The summed E-state index contributed by atoms with van der Waals surface area (Å²) in [6.45, 7) is 14.2. The van der Waals surface area contributed by atoms with Crippen molar-refractivity contribution in [3.8, 4) is 0 Å². The van der Waals surface area contributed by atoms with E-state index in [4.69, 9.17) is 39.8 Å². The maximum Gasteiger partial charge on any atom is 0.326 e. The predicted molar refractivity (Wildman–Crippen MR) is 472 cm³/mol. The molecule has 17 atom stereocenters. The third kappa shape index (κ3) is 39.3. The number of primary amides is 2. The molecule has 3 aromatic rings. The highest BCUT2D eigenvalue weighted by atomic mass is 32.2. The number of hydrogen-bond acceptors (Lipinski definition) is 24. The van der Waals surface area contributed by atoms with Gasteiger partial charge >= 0.3 is 5.97 Å². The summed E-state index contributed by atoms with van der Waals surface area (Å²) in [6.07, 6.45) is 2.22. The van der Waals surface area contributed by atoms with Crippen LogP contribution in [0.15, 0.2) is 73.2 Å². The Labute approximate surface area is 743 Å². The van der Waals surface area contributed by atoms with Gasteiger partial charge in [-0.05, 0) is 139 Å². The van der Waals surface area contributed by atoms with E-state index < -0.39 is 228 Å². The van der Waals surface area contributed by atoms with Crippen LogP contribution >= 0.6 is 11.8 Å². The lowest BCUT2D eigenvalue weighted by molar-refractivity contribution is -0.144. The molecule has 0 unspecified atom stereocenters. The summed E-state index contributed by atoms with van der Waals surface area (Å²) in [5, 5.41) is 63.8. The zero-order chi connectivity index (χ0) is 95.3. The molecule has 0 aliphatic carbocycles. The fraction of sp³-hybridized carbons (Fsp3) is 0.602. The number of H-pyrrole nitrogens is 1. The van der Waals surface area contributed by atoms with E-state index in [1.165, 1.54) is 52.1 Å². The van der Waals surface area contributed by atoms with Crippen molar-refractivity contribution in [1.29, 1.82) is 5.41 Å². The van der Waals surface area contributed by atoms with E-state index in [0.717, 1.165) is 4.90 Å². The minimum absolute atomic E-state index is 0.0155. The van der Waals surface area contributed by atoms with Crippen LogP contribution in [-0.2, 0) is 101 Å².